The summed E-state index contributed by atoms with van der Waals surface area (Å²) in [7, 11) is 0. The minimum atomic E-state index is -0.206. The number of rotatable bonds is 4. The molecule has 2 aromatic rings. The summed E-state index contributed by atoms with van der Waals surface area (Å²) in [5.41, 5.74) is 2.91. The second-order valence-corrected chi connectivity index (χ2v) is 8.04. The number of carbonyl (C=O) groups is 2. The number of aromatic nitrogens is 1. The first-order valence-corrected chi connectivity index (χ1v) is 10.5. The molecule has 1 aliphatic carbocycles. The van der Waals surface area contributed by atoms with Gasteiger partial charge in [-0.25, -0.2) is 9.78 Å². The van der Waals surface area contributed by atoms with E-state index in [0.717, 1.165) is 31.5 Å². The summed E-state index contributed by atoms with van der Waals surface area (Å²) in [5.74, 6) is 0.0449. The number of carbonyl (C=O) groups excluding carboxylic acids is 2. The summed E-state index contributed by atoms with van der Waals surface area (Å²) in [4.78, 5) is 31.0. The molecule has 142 valence electrons. The number of hydrogen-bond donors (Lipinski definition) is 2. The molecule has 1 aromatic carbocycles. The highest BCUT2D eigenvalue weighted by atomic mass is 32.1. The quantitative estimate of drug-likeness (QED) is 0.843. The van der Waals surface area contributed by atoms with Crippen LogP contribution in [0.3, 0.4) is 0 Å². The van der Waals surface area contributed by atoms with Gasteiger partial charge in [-0.1, -0.05) is 37.5 Å². The first kappa shape index (κ1) is 18.0. The molecule has 2 heterocycles. The van der Waals surface area contributed by atoms with Gasteiger partial charge in [0, 0.05) is 23.7 Å². The summed E-state index contributed by atoms with van der Waals surface area (Å²) >= 11 is 1.36. The highest BCUT2D eigenvalue weighted by molar-refractivity contribution is 7.13. The summed E-state index contributed by atoms with van der Waals surface area (Å²) in [6.07, 6.45) is 6.84. The normalized spacial score (nSPS) is 16.8. The average Bonchev–Trinajstić information content (AvgIpc) is 3.29. The number of benzene rings is 1. The van der Waals surface area contributed by atoms with E-state index in [4.69, 9.17) is 0 Å². The lowest BCUT2D eigenvalue weighted by atomic mass is 9.96. The Morgan fingerprint density at radius 1 is 1.19 bits per heavy atom. The summed E-state index contributed by atoms with van der Waals surface area (Å²) < 4.78 is 0. The smallest absolute Gasteiger partial charge is 0.321 e. The molecule has 6 nitrogen and oxygen atoms in total. The zero-order valence-electron chi connectivity index (χ0n) is 15.2. The number of amides is 3. The minimum absolute atomic E-state index is 0.0449. The second-order valence-electron chi connectivity index (χ2n) is 7.18. The molecule has 7 heteroatoms. The molecule has 0 spiro atoms. The molecular formula is C20H24N4O2S. The van der Waals surface area contributed by atoms with Gasteiger partial charge in [0.15, 0.2) is 5.13 Å². The third-order valence-electron chi connectivity index (χ3n) is 5.23. The first-order chi connectivity index (χ1) is 13.2. The van der Waals surface area contributed by atoms with Crippen LogP contribution < -0.4 is 15.5 Å². The van der Waals surface area contributed by atoms with E-state index in [-0.39, 0.29) is 24.4 Å². The number of hydrogen-bond acceptors (Lipinski definition) is 4. The molecule has 27 heavy (non-hydrogen) atoms. The van der Waals surface area contributed by atoms with E-state index >= 15 is 0 Å². The molecule has 0 atom stereocenters. The molecule has 1 aromatic heterocycles. The largest absolute Gasteiger partial charge is 0.335 e. The Morgan fingerprint density at radius 2 is 2.00 bits per heavy atom. The van der Waals surface area contributed by atoms with Crippen LogP contribution in [0.4, 0.5) is 15.6 Å². The van der Waals surface area contributed by atoms with E-state index in [2.05, 4.69) is 21.7 Å². The molecule has 0 bridgehead atoms. The molecule has 1 fully saturated rings. The van der Waals surface area contributed by atoms with Gasteiger partial charge in [-0.05, 0) is 30.9 Å². The van der Waals surface area contributed by atoms with Crippen LogP contribution in [-0.2, 0) is 17.6 Å². The van der Waals surface area contributed by atoms with Crippen molar-refractivity contribution in [3.8, 4) is 0 Å². The first-order valence-electron chi connectivity index (χ1n) is 9.59. The predicted molar refractivity (Wildman–Crippen MR) is 107 cm³/mol. The molecule has 1 aliphatic heterocycles. The van der Waals surface area contributed by atoms with Gasteiger partial charge in [0.05, 0.1) is 12.1 Å². The molecule has 0 radical (unpaired) electrons. The monoisotopic (exact) mass is 384 g/mol. The fraction of sp³-hybridized carbons (Fsp3) is 0.450. The van der Waals surface area contributed by atoms with E-state index in [9.17, 15) is 9.59 Å². The van der Waals surface area contributed by atoms with Gasteiger partial charge in [0.2, 0.25) is 5.91 Å². The third-order valence-corrected chi connectivity index (χ3v) is 6.04. The average molecular weight is 385 g/mol. The number of para-hydroxylation sites is 1. The van der Waals surface area contributed by atoms with E-state index in [1.807, 2.05) is 28.5 Å². The molecule has 2 aliphatic rings. The van der Waals surface area contributed by atoms with Crippen LogP contribution in [0.1, 0.15) is 43.4 Å². The van der Waals surface area contributed by atoms with Crippen molar-refractivity contribution in [3.05, 3.63) is 40.9 Å². The van der Waals surface area contributed by atoms with Crippen molar-refractivity contribution < 1.29 is 9.59 Å². The number of nitrogens with one attached hydrogen (secondary N) is 2. The molecule has 3 amide bonds. The fourth-order valence-corrected chi connectivity index (χ4v) is 4.56. The van der Waals surface area contributed by atoms with Crippen LogP contribution in [0, 0.1) is 0 Å². The van der Waals surface area contributed by atoms with Crippen molar-refractivity contribution in [3.63, 3.8) is 0 Å². The topological polar surface area (TPSA) is 74.3 Å². The summed E-state index contributed by atoms with van der Waals surface area (Å²) in [5, 5.41) is 8.19. The van der Waals surface area contributed by atoms with E-state index in [0.29, 0.717) is 10.8 Å². The van der Waals surface area contributed by atoms with Crippen LogP contribution in [0.2, 0.25) is 0 Å². The lowest BCUT2D eigenvalue weighted by Gasteiger charge is -2.22. The Kier molecular flexibility index (Phi) is 5.38. The van der Waals surface area contributed by atoms with Crippen molar-refractivity contribution in [2.24, 2.45) is 0 Å². The SMILES string of the molecule is O=C(Nc1nc(CC(=O)N2CCc3ccccc32)cs1)NC1CCCCC1. The molecular weight excluding hydrogens is 360 g/mol. The van der Waals surface area contributed by atoms with Gasteiger partial charge in [-0.3, -0.25) is 10.1 Å². The zero-order valence-corrected chi connectivity index (χ0v) is 16.1. The standard InChI is InChI=1S/C20H24N4O2S/c25-18(24-11-10-14-6-4-5-9-17(14)24)12-16-13-27-20(22-16)23-19(26)21-15-7-2-1-3-8-15/h4-6,9,13,15H,1-3,7-8,10-12H2,(H2,21,22,23,26). The van der Waals surface area contributed by atoms with Crippen LogP contribution in [0.5, 0.6) is 0 Å². The van der Waals surface area contributed by atoms with Crippen molar-refractivity contribution in [1.29, 1.82) is 0 Å². The summed E-state index contributed by atoms with van der Waals surface area (Å²) in [6.45, 7) is 0.719. The van der Waals surface area contributed by atoms with Crippen LogP contribution in [-0.4, -0.2) is 29.5 Å². The number of thiazole rings is 1. The zero-order chi connectivity index (χ0) is 18.6. The summed E-state index contributed by atoms with van der Waals surface area (Å²) in [6, 6.07) is 8.07. The maximum absolute atomic E-state index is 12.7. The Hall–Kier alpha value is -2.41. The van der Waals surface area contributed by atoms with Crippen LogP contribution in [0.15, 0.2) is 29.6 Å². The Balaban J connectivity index is 1.31. The maximum atomic E-state index is 12.7. The van der Waals surface area contributed by atoms with Crippen LogP contribution >= 0.6 is 11.3 Å². The molecule has 2 N–H and O–H groups in total. The Labute approximate surface area is 163 Å². The fourth-order valence-electron chi connectivity index (χ4n) is 3.86. The molecule has 1 saturated carbocycles. The second kappa shape index (κ2) is 8.08. The van der Waals surface area contributed by atoms with Crippen molar-refractivity contribution >= 4 is 34.1 Å². The number of anilines is 2. The number of urea groups is 1. The molecule has 0 saturated heterocycles. The van der Waals surface area contributed by atoms with Gasteiger partial charge in [0.1, 0.15) is 0 Å². The third kappa shape index (κ3) is 4.30. The highest BCUT2D eigenvalue weighted by Gasteiger charge is 2.24. The maximum Gasteiger partial charge on any atom is 0.321 e. The van der Waals surface area contributed by atoms with E-state index in [1.54, 1.807) is 0 Å². The van der Waals surface area contributed by atoms with Crippen LogP contribution in [0.25, 0.3) is 0 Å². The van der Waals surface area contributed by atoms with E-state index in [1.165, 1.54) is 36.2 Å². The molecule has 4 rings (SSSR count). The Morgan fingerprint density at radius 3 is 2.85 bits per heavy atom. The number of nitrogens with zero attached hydrogens (tertiary/aromatic N) is 2. The van der Waals surface area contributed by atoms with Gasteiger partial charge < -0.3 is 10.2 Å². The van der Waals surface area contributed by atoms with Gasteiger partial charge in [0.25, 0.3) is 0 Å². The van der Waals surface area contributed by atoms with Crippen molar-refractivity contribution in [2.45, 2.75) is 51.0 Å². The lowest BCUT2D eigenvalue weighted by molar-refractivity contribution is -0.117. The van der Waals surface area contributed by atoms with E-state index < -0.39 is 0 Å². The van der Waals surface area contributed by atoms with Gasteiger partial charge in [-0.15, -0.1) is 11.3 Å². The highest BCUT2D eigenvalue weighted by Crippen LogP contribution is 2.28. The minimum Gasteiger partial charge on any atom is -0.335 e. The molecule has 0 unspecified atom stereocenters. The lowest BCUT2D eigenvalue weighted by Crippen LogP contribution is -2.39. The van der Waals surface area contributed by atoms with Crippen molar-refractivity contribution in [1.82, 2.24) is 10.3 Å². The number of fused-ring (bicyclic) bond motifs is 1. The Bertz CT molecular complexity index is 829. The van der Waals surface area contributed by atoms with Crippen molar-refractivity contribution in [2.75, 3.05) is 16.8 Å². The van der Waals surface area contributed by atoms with Gasteiger partial charge >= 0.3 is 6.03 Å². The predicted octanol–water partition coefficient (Wildman–Crippen LogP) is 3.73. The van der Waals surface area contributed by atoms with Gasteiger partial charge in [-0.2, -0.15) is 0 Å².